The molecular formula is C15H26S8. The molecule has 0 aromatic carbocycles. The van der Waals surface area contributed by atoms with Crippen LogP contribution < -0.4 is 0 Å². The Bertz CT molecular complexity index is 317. The van der Waals surface area contributed by atoms with E-state index < -0.39 is 0 Å². The van der Waals surface area contributed by atoms with Crippen molar-refractivity contribution < 1.29 is 0 Å². The van der Waals surface area contributed by atoms with Crippen LogP contribution in [-0.2, 0) is 0 Å². The minimum absolute atomic E-state index is 0.839. The van der Waals surface area contributed by atoms with Crippen molar-refractivity contribution in [3.05, 3.63) is 0 Å². The first-order valence-corrected chi connectivity index (χ1v) is 16.9. The molecule has 1 atom stereocenters. The van der Waals surface area contributed by atoms with Gasteiger partial charge in [-0.25, -0.2) is 0 Å². The van der Waals surface area contributed by atoms with E-state index >= 15 is 0 Å². The van der Waals surface area contributed by atoms with Crippen LogP contribution >= 0.6 is 94.1 Å². The summed E-state index contributed by atoms with van der Waals surface area (Å²) in [7, 11) is 0. The Hall–Kier alpha value is 2.80. The van der Waals surface area contributed by atoms with Gasteiger partial charge in [0.1, 0.15) is 0 Å². The summed E-state index contributed by atoms with van der Waals surface area (Å²) in [6, 6.07) is 0. The van der Waals surface area contributed by atoms with Crippen molar-refractivity contribution in [2.24, 2.45) is 0 Å². The van der Waals surface area contributed by atoms with Crippen molar-refractivity contribution in [2.45, 2.75) is 20.3 Å². The molecule has 0 aromatic rings. The lowest BCUT2D eigenvalue weighted by Crippen LogP contribution is -2.24. The minimum Gasteiger partial charge on any atom is -0.160 e. The van der Waals surface area contributed by atoms with Gasteiger partial charge in [-0.15, -0.1) is 23.5 Å². The van der Waals surface area contributed by atoms with Crippen LogP contribution in [0.1, 0.15) is 0 Å². The number of rotatable bonds is 13. The lowest BCUT2D eigenvalue weighted by Gasteiger charge is -2.29. The highest BCUT2D eigenvalue weighted by Crippen LogP contribution is 2.39. The maximum atomic E-state index is 2.29. The monoisotopic (exact) mass is 462 g/mol. The van der Waals surface area contributed by atoms with Gasteiger partial charge in [-0.3, -0.25) is 0 Å². The summed E-state index contributed by atoms with van der Waals surface area (Å²) >= 11 is 17.5. The zero-order chi connectivity index (χ0) is 15.7. The van der Waals surface area contributed by atoms with E-state index in [1.165, 1.54) is 63.3 Å². The molecule has 3 saturated heterocycles. The molecule has 0 spiro atoms. The molecule has 3 heterocycles. The molecule has 134 valence electrons. The normalized spacial score (nSPS) is 24.0. The second kappa shape index (κ2) is 12.3. The van der Waals surface area contributed by atoms with Gasteiger partial charge in [0, 0.05) is 79.0 Å². The molecule has 23 heavy (non-hydrogen) atoms. The van der Waals surface area contributed by atoms with Crippen LogP contribution in [0.25, 0.3) is 0 Å². The number of thioether (sulfide) groups is 8. The van der Waals surface area contributed by atoms with Gasteiger partial charge in [0.2, 0.25) is 0 Å². The Morgan fingerprint density at radius 1 is 0.696 bits per heavy atom. The van der Waals surface area contributed by atoms with Crippen molar-refractivity contribution in [1.82, 2.24) is 0 Å². The molecule has 0 saturated carbocycles. The molecule has 0 radical (unpaired) electrons. The van der Waals surface area contributed by atoms with Crippen LogP contribution in [0.15, 0.2) is 0 Å². The second-order valence-corrected chi connectivity index (χ2v) is 16.0. The first-order valence-electron chi connectivity index (χ1n) is 8.21. The summed E-state index contributed by atoms with van der Waals surface area (Å²) in [5.74, 6) is 15.2. The van der Waals surface area contributed by atoms with Crippen LogP contribution in [0, 0.1) is 0 Å². The van der Waals surface area contributed by atoms with Gasteiger partial charge in [-0.1, -0.05) is 0 Å². The molecule has 0 bridgehead atoms. The Morgan fingerprint density at radius 2 is 1.26 bits per heavy atom. The van der Waals surface area contributed by atoms with Crippen LogP contribution in [0.4, 0.5) is 0 Å². The van der Waals surface area contributed by atoms with Gasteiger partial charge in [0.15, 0.2) is 0 Å². The van der Waals surface area contributed by atoms with Crippen LogP contribution in [0.3, 0.4) is 0 Å². The average molecular weight is 463 g/mol. The first-order chi connectivity index (χ1) is 11.4. The van der Waals surface area contributed by atoms with Gasteiger partial charge in [-0.05, 0) is 0 Å². The molecule has 3 fully saturated rings. The fourth-order valence-corrected chi connectivity index (χ4v) is 13.0. The number of hydrogen-bond donors (Lipinski definition) is 0. The van der Waals surface area contributed by atoms with Crippen molar-refractivity contribution in [3.63, 3.8) is 0 Å². The quantitative estimate of drug-likeness (QED) is 0.263. The van der Waals surface area contributed by atoms with Gasteiger partial charge in [0.05, 0.1) is 4.58 Å². The van der Waals surface area contributed by atoms with Gasteiger partial charge in [0.25, 0.3) is 0 Å². The zero-order valence-electron chi connectivity index (χ0n) is 13.4. The van der Waals surface area contributed by atoms with Crippen LogP contribution in [-0.4, -0.2) is 83.6 Å². The van der Waals surface area contributed by atoms with Crippen molar-refractivity contribution >= 4 is 94.1 Å². The lowest BCUT2D eigenvalue weighted by atomic mass is 10.5. The Balaban J connectivity index is 1.22. The third-order valence-electron chi connectivity index (χ3n) is 3.74. The summed E-state index contributed by atoms with van der Waals surface area (Å²) < 4.78 is 0.839. The van der Waals surface area contributed by atoms with Gasteiger partial charge in [-0.2, -0.15) is 70.6 Å². The van der Waals surface area contributed by atoms with Crippen molar-refractivity contribution in [2.75, 3.05) is 63.3 Å². The van der Waals surface area contributed by atoms with Gasteiger partial charge < -0.3 is 0 Å². The van der Waals surface area contributed by atoms with Crippen LogP contribution in [0.2, 0.25) is 0 Å². The molecular weight excluding hydrogens is 437 g/mol. The maximum Gasteiger partial charge on any atom is 0.0596 e. The van der Waals surface area contributed by atoms with Crippen molar-refractivity contribution in [3.8, 4) is 0 Å². The summed E-state index contributed by atoms with van der Waals surface area (Å²) in [6.07, 6.45) is 0. The smallest absolute Gasteiger partial charge is 0.0596 e. The second-order valence-electron chi connectivity index (χ2n) is 5.73. The average Bonchev–Trinajstić information content (AvgIpc) is 2.41. The topological polar surface area (TPSA) is 0 Å². The SMILES string of the molecule is C(CSC1CSC1)SCC(SCCSC1CSC1)SC1CSC1. The summed E-state index contributed by atoms with van der Waals surface area (Å²) in [5.41, 5.74) is 0. The number of hydrogen-bond acceptors (Lipinski definition) is 8. The summed E-state index contributed by atoms with van der Waals surface area (Å²) in [4.78, 5) is 0. The zero-order valence-corrected chi connectivity index (χ0v) is 19.9. The molecule has 0 aromatic heterocycles. The molecule has 1 unspecified atom stereocenters. The van der Waals surface area contributed by atoms with E-state index in [4.69, 9.17) is 0 Å². The molecule has 3 rings (SSSR count). The van der Waals surface area contributed by atoms with E-state index in [1.54, 1.807) is 0 Å². The highest BCUT2D eigenvalue weighted by molar-refractivity contribution is 8.20. The highest BCUT2D eigenvalue weighted by atomic mass is 32.2. The molecule has 3 aliphatic heterocycles. The standard InChI is InChI=1S/C15H26S8/c1(2-20-12-5-17-6-12)16-11-15(23-14-9-19-10-14)22-4-3-21-13-7-18-8-13/h12-15H,1-11H2. The minimum atomic E-state index is 0.839. The predicted molar refractivity (Wildman–Crippen MR) is 129 cm³/mol. The first kappa shape index (κ1) is 20.5. The third kappa shape index (κ3) is 8.14. The van der Waals surface area contributed by atoms with E-state index in [1.807, 2.05) is 0 Å². The molecule has 0 N–H and O–H groups in total. The Kier molecular flexibility index (Phi) is 11.0. The third-order valence-corrected chi connectivity index (χ3v) is 16.2. The largest absolute Gasteiger partial charge is 0.160 e. The summed E-state index contributed by atoms with van der Waals surface area (Å²) in [6.45, 7) is 0. The Morgan fingerprint density at radius 3 is 1.78 bits per heavy atom. The fraction of sp³-hybridized carbons (Fsp3) is 1.00. The summed E-state index contributed by atoms with van der Waals surface area (Å²) in [5, 5.41) is 2.91. The molecule has 0 nitrogen and oxygen atoms in total. The van der Waals surface area contributed by atoms with E-state index in [9.17, 15) is 0 Å². The lowest BCUT2D eigenvalue weighted by molar-refractivity contribution is 1.08. The van der Waals surface area contributed by atoms with E-state index in [0.717, 1.165) is 20.3 Å². The highest BCUT2D eigenvalue weighted by Gasteiger charge is 2.24. The van der Waals surface area contributed by atoms with Crippen molar-refractivity contribution in [1.29, 1.82) is 0 Å². The molecule has 8 heteroatoms. The Labute approximate surface area is 176 Å². The molecule has 0 amide bonds. The molecule has 3 aliphatic rings. The molecule has 0 aliphatic carbocycles. The fourth-order valence-electron chi connectivity index (χ4n) is 2.10. The van der Waals surface area contributed by atoms with Gasteiger partial charge >= 0.3 is 0 Å². The van der Waals surface area contributed by atoms with E-state index in [-0.39, 0.29) is 0 Å². The predicted octanol–water partition coefficient (Wildman–Crippen LogP) is 5.32. The maximum absolute atomic E-state index is 2.29. The van der Waals surface area contributed by atoms with Crippen LogP contribution in [0.5, 0.6) is 0 Å². The van der Waals surface area contributed by atoms with E-state index in [0.29, 0.717) is 0 Å². The van der Waals surface area contributed by atoms with E-state index in [2.05, 4.69) is 94.1 Å².